The van der Waals surface area contributed by atoms with E-state index >= 15 is 0 Å². The molecule has 1 aliphatic rings. The topological polar surface area (TPSA) is 73.6 Å². The van der Waals surface area contributed by atoms with Gasteiger partial charge >= 0.3 is 5.97 Å². The third-order valence-electron chi connectivity index (χ3n) is 3.78. The number of aromatic nitrogens is 2. The highest BCUT2D eigenvalue weighted by Gasteiger charge is 2.22. The van der Waals surface area contributed by atoms with Crippen LogP contribution in [0.15, 0.2) is 6.20 Å². The Labute approximate surface area is 125 Å². The number of esters is 1. The van der Waals surface area contributed by atoms with E-state index in [0.717, 1.165) is 0 Å². The van der Waals surface area contributed by atoms with Gasteiger partial charge in [-0.25, -0.2) is 9.48 Å². The predicted molar refractivity (Wildman–Crippen MR) is 77.3 cm³/mol. The fraction of sp³-hybridized carbons (Fsp3) is 0.733. The van der Waals surface area contributed by atoms with Crippen molar-refractivity contribution in [3.05, 3.63) is 11.8 Å². The second-order valence-electron chi connectivity index (χ2n) is 5.35. The largest absolute Gasteiger partial charge is 0.477 e. The summed E-state index contributed by atoms with van der Waals surface area (Å²) in [6.07, 6.45) is 7.58. The minimum Gasteiger partial charge on any atom is -0.477 e. The Balaban J connectivity index is 2.06. The lowest BCUT2D eigenvalue weighted by Gasteiger charge is -2.22. The first kappa shape index (κ1) is 15.8. The van der Waals surface area contributed by atoms with E-state index < -0.39 is 5.97 Å². The first-order valence-corrected chi connectivity index (χ1v) is 7.72. The molecule has 1 fully saturated rings. The van der Waals surface area contributed by atoms with E-state index in [-0.39, 0.29) is 6.61 Å². The molecule has 0 atom stereocenters. The van der Waals surface area contributed by atoms with E-state index in [1.54, 1.807) is 6.92 Å². The summed E-state index contributed by atoms with van der Waals surface area (Å²) in [5, 5.41) is 13.2. The third kappa shape index (κ3) is 4.20. The van der Waals surface area contributed by atoms with Gasteiger partial charge in [0.1, 0.15) is 5.56 Å². The van der Waals surface area contributed by atoms with Crippen LogP contribution < -0.4 is 4.74 Å². The van der Waals surface area contributed by atoms with Gasteiger partial charge in [0.25, 0.3) is 0 Å². The van der Waals surface area contributed by atoms with Crippen molar-refractivity contribution >= 4 is 5.97 Å². The summed E-state index contributed by atoms with van der Waals surface area (Å²) in [6, 6.07) is 0. The van der Waals surface area contributed by atoms with Crippen LogP contribution in [0.4, 0.5) is 0 Å². The summed E-state index contributed by atoms with van der Waals surface area (Å²) < 4.78 is 12.4. The number of carbonyl (C=O) groups excluding carboxylic acids is 1. The summed E-state index contributed by atoms with van der Waals surface area (Å²) in [4.78, 5) is 11.9. The summed E-state index contributed by atoms with van der Waals surface area (Å²) in [5.41, 5.74) is 0.334. The van der Waals surface area contributed by atoms with Crippen LogP contribution in [-0.4, -0.2) is 40.7 Å². The van der Waals surface area contributed by atoms with Gasteiger partial charge in [-0.3, -0.25) is 0 Å². The normalized spacial score (nSPS) is 15.9. The van der Waals surface area contributed by atoms with Crippen molar-refractivity contribution in [1.82, 2.24) is 9.78 Å². The third-order valence-corrected chi connectivity index (χ3v) is 3.78. The number of hydrogen-bond donors (Lipinski definition) is 1. The Morgan fingerprint density at radius 2 is 2.19 bits per heavy atom. The molecule has 6 heteroatoms. The zero-order valence-electron chi connectivity index (χ0n) is 12.6. The Morgan fingerprint density at radius 3 is 2.86 bits per heavy atom. The highest BCUT2D eigenvalue weighted by atomic mass is 16.5. The Bertz CT molecular complexity index is 453. The van der Waals surface area contributed by atoms with Crippen LogP contribution in [0.25, 0.3) is 0 Å². The van der Waals surface area contributed by atoms with Gasteiger partial charge in [-0.15, -0.1) is 0 Å². The van der Waals surface area contributed by atoms with Crippen molar-refractivity contribution in [3.63, 3.8) is 0 Å². The van der Waals surface area contributed by atoms with Crippen molar-refractivity contribution in [2.45, 2.75) is 45.6 Å². The van der Waals surface area contributed by atoms with E-state index in [9.17, 15) is 4.79 Å². The van der Waals surface area contributed by atoms with Crippen LogP contribution in [0.1, 0.15) is 49.4 Å². The molecular formula is C15H24N2O4. The summed E-state index contributed by atoms with van der Waals surface area (Å²) in [7, 11) is 0. The molecule has 2 rings (SSSR count). The minimum atomic E-state index is -0.430. The van der Waals surface area contributed by atoms with E-state index in [1.165, 1.54) is 43.0 Å². The van der Waals surface area contributed by atoms with E-state index in [1.807, 2.05) is 0 Å². The molecule has 1 heterocycles. The Hall–Kier alpha value is -1.56. The smallest absolute Gasteiger partial charge is 0.345 e. The lowest BCUT2D eigenvalue weighted by molar-refractivity contribution is 0.0519. The molecule has 0 saturated heterocycles. The first-order chi connectivity index (χ1) is 10.3. The van der Waals surface area contributed by atoms with Crippen molar-refractivity contribution in [2.75, 3.05) is 19.8 Å². The fourth-order valence-electron chi connectivity index (χ4n) is 2.68. The standard InChI is InChI=1S/C15H24N2O4/c1-2-20-15(19)13-10-16-17(8-9-18)14(13)21-11-12-6-4-3-5-7-12/h10,12,18H,2-9,11H2,1H3. The number of nitrogens with zero attached hydrogens (tertiary/aromatic N) is 2. The number of ether oxygens (including phenoxy) is 2. The first-order valence-electron chi connectivity index (χ1n) is 7.72. The second kappa shape index (κ2) is 8.02. The molecule has 1 aromatic heterocycles. The van der Waals surface area contributed by atoms with Gasteiger partial charge in [0.2, 0.25) is 5.88 Å². The maximum absolute atomic E-state index is 11.9. The molecule has 0 amide bonds. The highest BCUT2D eigenvalue weighted by Crippen LogP contribution is 2.26. The average molecular weight is 296 g/mol. The van der Waals surface area contributed by atoms with Gasteiger partial charge in [-0.2, -0.15) is 5.10 Å². The van der Waals surface area contributed by atoms with Crippen molar-refractivity contribution < 1.29 is 19.4 Å². The molecule has 118 valence electrons. The summed E-state index contributed by atoms with van der Waals surface area (Å²) >= 11 is 0. The molecule has 0 radical (unpaired) electrons. The zero-order valence-corrected chi connectivity index (χ0v) is 12.6. The Kier molecular flexibility index (Phi) is 6.04. The monoisotopic (exact) mass is 296 g/mol. The second-order valence-corrected chi connectivity index (χ2v) is 5.35. The van der Waals surface area contributed by atoms with Gasteiger partial charge in [-0.1, -0.05) is 19.3 Å². The maximum Gasteiger partial charge on any atom is 0.345 e. The molecule has 6 nitrogen and oxygen atoms in total. The Morgan fingerprint density at radius 1 is 1.43 bits per heavy atom. The highest BCUT2D eigenvalue weighted by molar-refractivity contribution is 5.91. The van der Waals surface area contributed by atoms with Gasteiger partial charge in [0.15, 0.2) is 0 Å². The lowest BCUT2D eigenvalue weighted by atomic mass is 9.90. The zero-order chi connectivity index (χ0) is 15.1. The molecule has 0 spiro atoms. The number of aliphatic hydroxyl groups is 1. The van der Waals surface area contributed by atoms with Gasteiger partial charge in [0, 0.05) is 0 Å². The van der Waals surface area contributed by atoms with Crippen molar-refractivity contribution in [3.8, 4) is 5.88 Å². The quantitative estimate of drug-likeness (QED) is 0.779. The number of rotatable bonds is 7. The average Bonchev–Trinajstić information content (AvgIpc) is 2.90. The summed E-state index contributed by atoms with van der Waals surface area (Å²) in [6.45, 7) is 2.91. The maximum atomic E-state index is 11.9. The number of carbonyl (C=O) groups is 1. The lowest BCUT2D eigenvalue weighted by Crippen LogP contribution is -2.18. The molecule has 1 N–H and O–H groups in total. The van der Waals surface area contributed by atoms with E-state index in [4.69, 9.17) is 14.6 Å². The molecule has 0 aliphatic heterocycles. The SMILES string of the molecule is CCOC(=O)c1cnn(CCO)c1OCC1CCCCC1. The molecule has 0 unspecified atom stereocenters. The molecule has 1 aliphatic carbocycles. The minimum absolute atomic E-state index is 0.0519. The summed E-state index contributed by atoms with van der Waals surface area (Å²) in [5.74, 6) is 0.514. The van der Waals surface area contributed by atoms with Crippen LogP contribution in [0.3, 0.4) is 0 Å². The molecular weight excluding hydrogens is 272 g/mol. The molecule has 0 aromatic carbocycles. The molecule has 21 heavy (non-hydrogen) atoms. The van der Waals surface area contributed by atoms with Gasteiger partial charge in [0.05, 0.1) is 32.6 Å². The van der Waals surface area contributed by atoms with Crippen LogP contribution in [0.2, 0.25) is 0 Å². The van der Waals surface area contributed by atoms with Crippen molar-refractivity contribution in [2.24, 2.45) is 5.92 Å². The predicted octanol–water partition coefficient (Wildman–Crippen LogP) is 2.01. The van der Waals surface area contributed by atoms with E-state index in [0.29, 0.717) is 37.1 Å². The van der Waals surface area contributed by atoms with Crippen LogP contribution in [0.5, 0.6) is 5.88 Å². The number of hydrogen-bond acceptors (Lipinski definition) is 5. The van der Waals surface area contributed by atoms with Crippen LogP contribution >= 0.6 is 0 Å². The van der Waals surface area contributed by atoms with Crippen molar-refractivity contribution in [1.29, 1.82) is 0 Å². The molecule has 1 saturated carbocycles. The van der Waals surface area contributed by atoms with E-state index in [2.05, 4.69) is 5.10 Å². The van der Waals surface area contributed by atoms with Gasteiger partial charge < -0.3 is 14.6 Å². The molecule has 1 aromatic rings. The van der Waals surface area contributed by atoms with Gasteiger partial charge in [-0.05, 0) is 25.7 Å². The number of aliphatic hydroxyl groups excluding tert-OH is 1. The fourth-order valence-corrected chi connectivity index (χ4v) is 2.68. The van der Waals surface area contributed by atoms with Crippen LogP contribution in [-0.2, 0) is 11.3 Å². The molecule has 0 bridgehead atoms. The van der Waals surface area contributed by atoms with Crippen LogP contribution in [0, 0.1) is 5.92 Å².